The minimum absolute atomic E-state index is 0.0186. The summed E-state index contributed by atoms with van der Waals surface area (Å²) in [5.41, 5.74) is 1.43. The molecule has 2 aliphatic heterocycles. The van der Waals surface area contributed by atoms with Crippen LogP contribution in [0.4, 0.5) is 8.78 Å². The number of hydrogen-bond donors (Lipinski definition) is 2. The van der Waals surface area contributed by atoms with Gasteiger partial charge in [-0.1, -0.05) is 0 Å². The van der Waals surface area contributed by atoms with Crippen molar-refractivity contribution < 1.29 is 38.1 Å². The topological polar surface area (TPSA) is 107 Å². The van der Waals surface area contributed by atoms with Crippen LogP contribution in [0.25, 0.3) is 0 Å². The fourth-order valence-corrected chi connectivity index (χ4v) is 4.17. The number of piperidine rings is 1. The van der Waals surface area contributed by atoms with E-state index in [-0.39, 0.29) is 17.5 Å². The summed E-state index contributed by atoms with van der Waals surface area (Å²) in [4.78, 5) is 35.8. The second-order valence-electron chi connectivity index (χ2n) is 8.58. The molecule has 192 valence electrons. The third-order valence-corrected chi connectivity index (χ3v) is 5.99. The van der Waals surface area contributed by atoms with E-state index in [1.54, 1.807) is 18.2 Å². The van der Waals surface area contributed by atoms with E-state index in [1.807, 2.05) is 4.90 Å². The maximum Gasteiger partial charge on any atom is 0.328 e. The first-order chi connectivity index (χ1) is 17.2. The molecule has 0 atom stereocenters. The summed E-state index contributed by atoms with van der Waals surface area (Å²) >= 11 is 0. The third kappa shape index (κ3) is 8.16. The Bertz CT molecular complexity index is 1080. The summed E-state index contributed by atoms with van der Waals surface area (Å²) in [6.07, 6.45) is 3.18. The van der Waals surface area contributed by atoms with Gasteiger partial charge in [-0.25, -0.2) is 18.4 Å². The molecule has 8 nitrogen and oxygen atoms in total. The van der Waals surface area contributed by atoms with Gasteiger partial charge >= 0.3 is 11.9 Å². The first-order valence-corrected chi connectivity index (χ1v) is 11.5. The van der Waals surface area contributed by atoms with Crippen LogP contribution < -0.4 is 4.74 Å². The molecule has 0 radical (unpaired) electrons. The zero-order valence-electron chi connectivity index (χ0n) is 19.6. The lowest BCUT2D eigenvalue weighted by Gasteiger charge is -2.33. The van der Waals surface area contributed by atoms with E-state index in [4.69, 9.17) is 14.9 Å². The highest BCUT2D eigenvalue weighted by Gasteiger charge is 2.30. The van der Waals surface area contributed by atoms with Crippen molar-refractivity contribution in [3.63, 3.8) is 0 Å². The highest BCUT2D eigenvalue weighted by atomic mass is 19.1. The molecule has 2 heterocycles. The Morgan fingerprint density at radius 3 is 2.19 bits per heavy atom. The predicted octanol–water partition coefficient (Wildman–Crippen LogP) is 3.42. The predicted molar refractivity (Wildman–Crippen MR) is 127 cm³/mol. The fraction of sp³-hybridized carbons (Fsp3) is 0.346. The number of amides is 1. The number of nitrogens with zero attached hydrogens (tertiary/aromatic N) is 2. The van der Waals surface area contributed by atoms with Crippen LogP contribution in [0.2, 0.25) is 0 Å². The largest absolute Gasteiger partial charge is 0.492 e. The fourth-order valence-electron chi connectivity index (χ4n) is 4.17. The van der Waals surface area contributed by atoms with Gasteiger partial charge in [0.2, 0.25) is 0 Å². The lowest BCUT2D eigenvalue weighted by molar-refractivity contribution is -0.134. The van der Waals surface area contributed by atoms with Crippen molar-refractivity contribution in [1.29, 1.82) is 0 Å². The summed E-state index contributed by atoms with van der Waals surface area (Å²) in [6, 6.07) is 10.5. The molecule has 2 aromatic rings. The van der Waals surface area contributed by atoms with E-state index in [0.717, 1.165) is 44.6 Å². The maximum absolute atomic E-state index is 13.4. The molecule has 10 heteroatoms. The molecule has 36 heavy (non-hydrogen) atoms. The molecule has 1 fully saturated rings. The van der Waals surface area contributed by atoms with Gasteiger partial charge in [0.25, 0.3) is 5.91 Å². The van der Waals surface area contributed by atoms with Crippen molar-refractivity contribution in [2.24, 2.45) is 5.92 Å². The molecule has 0 unspecified atom stereocenters. The van der Waals surface area contributed by atoms with Crippen LogP contribution in [0.15, 0.2) is 54.6 Å². The first kappa shape index (κ1) is 26.8. The minimum Gasteiger partial charge on any atom is -0.492 e. The number of ether oxygens (including phenoxy) is 1. The summed E-state index contributed by atoms with van der Waals surface area (Å²) < 4.78 is 31.9. The van der Waals surface area contributed by atoms with Crippen molar-refractivity contribution in [3.05, 3.63) is 77.4 Å². The first-order valence-electron chi connectivity index (χ1n) is 11.5. The molecular formula is C26H28F2N2O6. The molecule has 0 saturated carbocycles. The normalized spacial score (nSPS) is 15.9. The number of carbonyl (C=O) groups is 3. The van der Waals surface area contributed by atoms with Crippen LogP contribution in [-0.4, -0.2) is 70.6 Å². The standard InChI is InChI=1S/C22H24F2N2O2.C4H4O4/c23-18-1-4-20(5-2-18)28-12-11-25-9-7-16(8-10-25)14-26-15-17-13-19(24)3-6-21(17)22(26)27;5-3(6)1-2-4(7)8/h1-6,13,16H,7-12,14-15H2;1-2H,(H,5,6)(H,7,8)/b;2-1+. The average molecular weight is 503 g/mol. The number of hydrogen-bond acceptors (Lipinski definition) is 5. The molecule has 1 amide bonds. The van der Waals surface area contributed by atoms with Crippen LogP contribution in [-0.2, 0) is 16.1 Å². The number of halogens is 2. The number of aliphatic carboxylic acids is 2. The maximum atomic E-state index is 13.4. The summed E-state index contributed by atoms with van der Waals surface area (Å²) in [5, 5.41) is 15.6. The number of rotatable bonds is 8. The lowest BCUT2D eigenvalue weighted by Crippen LogP contribution is -2.40. The third-order valence-electron chi connectivity index (χ3n) is 5.99. The van der Waals surface area contributed by atoms with Crippen LogP contribution in [0.5, 0.6) is 5.75 Å². The molecular weight excluding hydrogens is 474 g/mol. The highest BCUT2D eigenvalue weighted by molar-refractivity contribution is 5.98. The van der Waals surface area contributed by atoms with Gasteiger partial charge in [-0.2, -0.15) is 0 Å². The van der Waals surface area contributed by atoms with Crippen molar-refractivity contribution in [3.8, 4) is 5.75 Å². The van der Waals surface area contributed by atoms with Crippen LogP contribution in [0.3, 0.4) is 0 Å². The van der Waals surface area contributed by atoms with Gasteiger partial charge in [-0.15, -0.1) is 0 Å². The Kier molecular flexibility index (Phi) is 9.52. The Labute approximate surface area is 207 Å². The summed E-state index contributed by atoms with van der Waals surface area (Å²) in [5.74, 6) is -1.90. The molecule has 0 spiro atoms. The number of benzene rings is 2. The van der Waals surface area contributed by atoms with E-state index in [1.165, 1.54) is 24.3 Å². The van der Waals surface area contributed by atoms with Crippen LogP contribution in [0.1, 0.15) is 28.8 Å². The average Bonchev–Trinajstić information content (AvgIpc) is 3.14. The highest BCUT2D eigenvalue weighted by Crippen LogP contribution is 2.27. The zero-order chi connectivity index (χ0) is 26.1. The van der Waals surface area contributed by atoms with Crippen molar-refractivity contribution in [2.45, 2.75) is 19.4 Å². The van der Waals surface area contributed by atoms with Crippen molar-refractivity contribution in [1.82, 2.24) is 9.80 Å². The Hall–Kier alpha value is -3.79. The molecule has 4 rings (SSSR count). The van der Waals surface area contributed by atoms with Gasteiger partial charge in [0.1, 0.15) is 24.0 Å². The van der Waals surface area contributed by atoms with Crippen LogP contribution in [0, 0.1) is 17.6 Å². The molecule has 2 aliphatic rings. The quantitative estimate of drug-likeness (QED) is 0.533. The Morgan fingerprint density at radius 2 is 1.58 bits per heavy atom. The molecule has 1 saturated heterocycles. The van der Waals surface area contributed by atoms with Gasteiger partial charge in [0.05, 0.1) is 0 Å². The number of carbonyl (C=O) groups excluding carboxylic acids is 1. The molecule has 0 aromatic heterocycles. The van der Waals surface area contributed by atoms with Gasteiger partial charge in [-0.05, 0) is 79.9 Å². The Morgan fingerprint density at radius 1 is 0.972 bits per heavy atom. The number of carboxylic acid groups (broad SMARTS) is 2. The lowest BCUT2D eigenvalue weighted by atomic mass is 9.96. The van der Waals surface area contributed by atoms with Gasteiger partial charge in [-0.3, -0.25) is 9.69 Å². The number of likely N-dealkylation sites (tertiary alicyclic amines) is 1. The second-order valence-corrected chi connectivity index (χ2v) is 8.58. The second kappa shape index (κ2) is 12.8. The minimum atomic E-state index is -1.26. The van der Waals surface area contributed by atoms with Crippen molar-refractivity contribution in [2.75, 3.05) is 32.8 Å². The molecule has 0 aliphatic carbocycles. The smallest absolute Gasteiger partial charge is 0.328 e. The molecule has 0 bridgehead atoms. The molecule has 2 aromatic carbocycles. The van der Waals surface area contributed by atoms with E-state index in [0.29, 0.717) is 42.5 Å². The zero-order valence-corrected chi connectivity index (χ0v) is 19.6. The SMILES string of the molecule is O=C(O)/C=C/C(=O)O.O=C1c2ccc(F)cc2CN1CC1CCN(CCOc2ccc(F)cc2)CC1. The van der Waals surface area contributed by atoms with E-state index in [2.05, 4.69) is 4.90 Å². The van der Waals surface area contributed by atoms with Crippen LogP contribution >= 0.6 is 0 Å². The molecule has 2 N–H and O–H groups in total. The van der Waals surface area contributed by atoms with E-state index >= 15 is 0 Å². The van der Waals surface area contributed by atoms with Gasteiger partial charge in [0, 0.05) is 37.3 Å². The Balaban J connectivity index is 0.000000392. The van der Waals surface area contributed by atoms with Gasteiger partial charge < -0.3 is 19.8 Å². The van der Waals surface area contributed by atoms with E-state index in [9.17, 15) is 23.2 Å². The van der Waals surface area contributed by atoms with E-state index < -0.39 is 11.9 Å². The van der Waals surface area contributed by atoms with Crippen molar-refractivity contribution >= 4 is 17.8 Å². The summed E-state index contributed by atoms with van der Waals surface area (Å²) in [6.45, 7) is 4.59. The monoisotopic (exact) mass is 502 g/mol. The number of carboxylic acids is 2. The van der Waals surface area contributed by atoms with Gasteiger partial charge in [0.15, 0.2) is 0 Å². The number of fused-ring (bicyclic) bond motifs is 1. The summed E-state index contributed by atoms with van der Waals surface area (Å²) in [7, 11) is 0.